The molecule has 1 aliphatic heterocycles. The zero-order valence-electron chi connectivity index (χ0n) is 10.7. The standard InChI is InChI=1S/C12H21F3N2O/c1-18-11-6-10(7-11)16-9-2-4-17(5-3-9)8-12(13,14)15/h9-11,16H,2-8H2,1H3. The van der Waals surface area contributed by atoms with Crippen LogP contribution in [-0.2, 0) is 4.74 Å². The Bertz CT molecular complexity index is 259. The summed E-state index contributed by atoms with van der Waals surface area (Å²) in [7, 11) is 1.72. The van der Waals surface area contributed by atoms with E-state index in [9.17, 15) is 13.2 Å². The molecule has 0 spiro atoms. The van der Waals surface area contributed by atoms with Gasteiger partial charge in [-0.25, -0.2) is 0 Å². The molecule has 0 radical (unpaired) electrons. The first kappa shape index (κ1) is 14.1. The molecular weight excluding hydrogens is 245 g/mol. The number of alkyl halides is 3. The van der Waals surface area contributed by atoms with Crippen LogP contribution in [0.25, 0.3) is 0 Å². The summed E-state index contributed by atoms with van der Waals surface area (Å²) >= 11 is 0. The highest BCUT2D eigenvalue weighted by molar-refractivity contribution is 4.89. The molecule has 0 amide bonds. The fourth-order valence-electron chi connectivity index (χ4n) is 2.74. The van der Waals surface area contributed by atoms with Gasteiger partial charge in [0.05, 0.1) is 12.6 Å². The van der Waals surface area contributed by atoms with Crippen molar-refractivity contribution < 1.29 is 17.9 Å². The van der Waals surface area contributed by atoms with Crippen LogP contribution in [0.3, 0.4) is 0 Å². The van der Waals surface area contributed by atoms with E-state index in [-0.39, 0.29) is 0 Å². The monoisotopic (exact) mass is 266 g/mol. The van der Waals surface area contributed by atoms with Crippen LogP contribution in [0.2, 0.25) is 0 Å². The van der Waals surface area contributed by atoms with Gasteiger partial charge in [0, 0.05) is 19.2 Å². The van der Waals surface area contributed by atoms with Crippen molar-refractivity contribution in [3.05, 3.63) is 0 Å². The minimum absolute atomic E-state index is 0.368. The maximum Gasteiger partial charge on any atom is 0.401 e. The number of ether oxygens (including phenoxy) is 1. The Hall–Kier alpha value is -0.330. The van der Waals surface area contributed by atoms with Gasteiger partial charge in [-0.05, 0) is 38.8 Å². The number of halogens is 3. The topological polar surface area (TPSA) is 24.5 Å². The van der Waals surface area contributed by atoms with E-state index in [1.54, 1.807) is 7.11 Å². The van der Waals surface area contributed by atoms with Gasteiger partial charge in [-0.1, -0.05) is 0 Å². The molecule has 1 N–H and O–H groups in total. The lowest BCUT2D eigenvalue weighted by Gasteiger charge is -2.40. The van der Waals surface area contributed by atoms with Crippen molar-refractivity contribution in [1.82, 2.24) is 10.2 Å². The van der Waals surface area contributed by atoms with Crippen molar-refractivity contribution in [1.29, 1.82) is 0 Å². The molecule has 18 heavy (non-hydrogen) atoms. The molecule has 0 aromatic heterocycles. The average Bonchev–Trinajstić information content (AvgIpc) is 2.23. The molecule has 1 saturated carbocycles. The maximum absolute atomic E-state index is 12.2. The Kier molecular flexibility index (Phi) is 4.50. The van der Waals surface area contributed by atoms with Gasteiger partial charge in [-0.2, -0.15) is 13.2 Å². The molecule has 3 nitrogen and oxygen atoms in total. The van der Waals surface area contributed by atoms with Crippen LogP contribution in [0.5, 0.6) is 0 Å². The number of piperidine rings is 1. The lowest BCUT2D eigenvalue weighted by molar-refractivity contribution is -0.148. The molecule has 2 fully saturated rings. The Morgan fingerprint density at radius 1 is 1.17 bits per heavy atom. The second-order valence-electron chi connectivity index (χ2n) is 5.36. The maximum atomic E-state index is 12.2. The summed E-state index contributed by atoms with van der Waals surface area (Å²) in [6.45, 7) is 0.310. The van der Waals surface area contributed by atoms with Gasteiger partial charge in [0.1, 0.15) is 0 Å². The van der Waals surface area contributed by atoms with Crippen molar-refractivity contribution in [2.75, 3.05) is 26.7 Å². The molecule has 1 aliphatic carbocycles. The summed E-state index contributed by atoms with van der Waals surface area (Å²) in [4.78, 5) is 1.50. The molecule has 6 heteroatoms. The third-order valence-electron chi connectivity index (χ3n) is 3.89. The van der Waals surface area contributed by atoms with Crippen molar-refractivity contribution in [2.24, 2.45) is 0 Å². The second-order valence-corrected chi connectivity index (χ2v) is 5.36. The summed E-state index contributed by atoms with van der Waals surface area (Å²) in [5.41, 5.74) is 0. The minimum atomic E-state index is -4.07. The number of nitrogens with one attached hydrogen (secondary N) is 1. The van der Waals surface area contributed by atoms with Crippen LogP contribution in [0, 0.1) is 0 Å². The molecule has 106 valence electrons. The second kappa shape index (κ2) is 5.75. The van der Waals surface area contributed by atoms with Crippen LogP contribution >= 0.6 is 0 Å². The SMILES string of the molecule is COC1CC(NC2CCN(CC(F)(F)F)CC2)C1. The number of hydrogen-bond donors (Lipinski definition) is 1. The Morgan fingerprint density at radius 3 is 2.28 bits per heavy atom. The van der Waals surface area contributed by atoms with Gasteiger partial charge in [0.2, 0.25) is 0 Å². The van der Waals surface area contributed by atoms with Gasteiger partial charge < -0.3 is 10.1 Å². The summed E-state index contributed by atoms with van der Waals surface area (Å²) < 4.78 is 41.9. The summed E-state index contributed by atoms with van der Waals surface area (Å²) in [5.74, 6) is 0. The number of nitrogens with zero attached hydrogens (tertiary/aromatic N) is 1. The summed E-state index contributed by atoms with van der Waals surface area (Å²) in [6.07, 6.45) is -0.0276. The minimum Gasteiger partial charge on any atom is -0.381 e. The van der Waals surface area contributed by atoms with E-state index in [0.29, 0.717) is 31.3 Å². The first-order valence-electron chi connectivity index (χ1n) is 6.54. The third-order valence-corrected chi connectivity index (χ3v) is 3.89. The zero-order valence-corrected chi connectivity index (χ0v) is 10.7. The summed E-state index contributed by atoms with van der Waals surface area (Å²) in [5, 5.41) is 3.52. The lowest BCUT2D eigenvalue weighted by atomic mass is 9.88. The van der Waals surface area contributed by atoms with Gasteiger partial charge in [-0.3, -0.25) is 4.90 Å². The van der Waals surface area contributed by atoms with Crippen LogP contribution in [0.1, 0.15) is 25.7 Å². The van der Waals surface area contributed by atoms with Gasteiger partial charge in [0.15, 0.2) is 0 Å². The van der Waals surface area contributed by atoms with E-state index < -0.39 is 12.7 Å². The van der Waals surface area contributed by atoms with Gasteiger partial charge in [0.25, 0.3) is 0 Å². The average molecular weight is 266 g/mol. The molecule has 0 aromatic rings. The molecule has 1 saturated heterocycles. The number of hydrogen-bond acceptors (Lipinski definition) is 3. The van der Waals surface area contributed by atoms with E-state index in [1.807, 2.05) is 0 Å². The highest BCUT2D eigenvalue weighted by Gasteiger charge is 2.34. The van der Waals surface area contributed by atoms with Crippen molar-refractivity contribution in [3.8, 4) is 0 Å². The van der Waals surface area contributed by atoms with Crippen LogP contribution in [-0.4, -0.2) is 56.0 Å². The lowest BCUT2D eigenvalue weighted by Crippen LogP contribution is -2.53. The molecule has 2 rings (SSSR count). The number of likely N-dealkylation sites (tertiary alicyclic amines) is 1. The number of rotatable bonds is 4. The Labute approximate surface area is 106 Å². The van der Waals surface area contributed by atoms with E-state index >= 15 is 0 Å². The smallest absolute Gasteiger partial charge is 0.381 e. The van der Waals surface area contributed by atoms with Crippen LogP contribution < -0.4 is 5.32 Å². The van der Waals surface area contributed by atoms with Gasteiger partial charge >= 0.3 is 6.18 Å². The van der Waals surface area contributed by atoms with E-state index in [4.69, 9.17) is 4.74 Å². The molecule has 0 bridgehead atoms. The molecule has 0 atom stereocenters. The van der Waals surface area contributed by atoms with Crippen LogP contribution in [0.15, 0.2) is 0 Å². The molecule has 1 heterocycles. The first-order valence-corrected chi connectivity index (χ1v) is 6.54. The largest absolute Gasteiger partial charge is 0.401 e. The highest BCUT2D eigenvalue weighted by atomic mass is 19.4. The first-order chi connectivity index (χ1) is 8.46. The fraction of sp³-hybridized carbons (Fsp3) is 1.00. The van der Waals surface area contributed by atoms with E-state index in [1.165, 1.54) is 4.90 Å². The normalized spacial score (nSPS) is 31.3. The quantitative estimate of drug-likeness (QED) is 0.839. The zero-order chi connectivity index (χ0) is 13.2. The third kappa shape index (κ3) is 4.10. The predicted octanol–water partition coefficient (Wildman–Crippen LogP) is 1.78. The van der Waals surface area contributed by atoms with Gasteiger partial charge in [-0.15, -0.1) is 0 Å². The predicted molar refractivity (Wildman–Crippen MR) is 62.5 cm³/mol. The van der Waals surface area contributed by atoms with Crippen molar-refractivity contribution >= 4 is 0 Å². The molecule has 2 aliphatic rings. The molecule has 0 unspecified atom stereocenters. The van der Waals surface area contributed by atoms with Crippen molar-refractivity contribution in [2.45, 2.75) is 50.0 Å². The van der Waals surface area contributed by atoms with E-state index in [2.05, 4.69) is 5.32 Å². The highest BCUT2D eigenvalue weighted by Crippen LogP contribution is 2.25. The number of methoxy groups -OCH3 is 1. The summed E-state index contributed by atoms with van der Waals surface area (Å²) in [6, 6.07) is 0.867. The Balaban J connectivity index is 1.62. The molecule has 0 aromatic carbocycles. The van der Waals surface area contributed by atoms with Crippen molar-refractivity contribution in [3.63, 3.8) is 0 Å². The van der Waals surface area contributed by atoms with Crippen LogP contribution in [0.4, 0.5) is 13.2 Å². The van der Waals surface area contributed by atoms with E-state index in [0.717, 1.165) is 25.7 Å². The molecular formula is C12H21F3N2O. The fourth-order valence-corrected chi connectivity index (χ4v) is 2.74. The Morgan fingerprint density at radius 2 is 1.78 bits per heavy atom.